The Balaban J connectivity index is 2.49. The van der Waals surface area contributed by atoms with Crippen molar-refractivity contribution >= 4 is 22.2 Å². The number of aromatic nitrogens is 2. The highest BCUT2D eigenvalue weighted by Crippen LogP contribution is 2.22. The van der Waals surface area contributed by atoms with Crippen LogP contribution in [0.1, 0.15) is 11.3 Å². The normalized spacial score (nSPS) is 10.4. The molecule has 3 nitrogen and oxygen atoms in total. The van der Waals surface area contributed by atoms with Crippen molar-refractivity contribution in [2.75, 3.05) is 0 Å². The average molecular weight is 279 g/mol. The quantitative estimate of drug-likeness (QED) is 0.810. The van der Waals surface area contributed by atoms with Gasteiger partial charge in [0.05, 0.1) is 11.9 Å². The van der Waals surface area contributed by atoms with E-state index in [0.29, 0.717) is 6.42 Å². The zero-order chi connectivity index (χ0) is 11.5. The van der Waals surface area contributed by atoms with Gasteiger partial charge in [0.15, 0.2) is 0 Å². The molecule has 0 spiro atoms. The number of halogens is 1. The molecule has 82 valence electrons. The van der Waals surface area contributed by atoms with Gasteiger partial charge in [0, 0.05) is 22.2 Å². The topological polar surface area (TPSA) is 34.9 Å². The molecule has 0 aliphatic heterocycles. The first kappa shape index (κ1) is 11.1. The van der Waals surface area contributed by atoms with Gasteiger partial charge in [-0.25, -0.2) is 4.68 Å². The summed E-state index contributed by atoms with van der Waals surface area (Å²) in [6.07, 6.45) is 3.05. The molecule has 1 aromatic carbocycles. The maximum Gasteiger partial charge on any atom is 0.124 e. The molecule has 0 unspecified atom stereocenters. The van der Waals surface area contributed by atoms with Gasteiger partial charge >= 0.3 is 0 Å². The highest BCUT2D eigenvalue weighted by molar-refractivity contribution is 9.10. The van der Waals surface area contributed by atoms with E-state index < -0.39 is 0 Å². The fourth-order valence-corrected chi connectivity index (χ4v) is 2.05. The van der Waals surface area contributed by atoms with Gasteiger partial charge in [-0.2, -0.15) is 5.10 Å². The van der Waals surface area contributed by atoms with Gasteiger partial charge in [-0.3, -0.25) is 0 Å². The molecule has 0 N–H and O–H groups in total. The van der Waals surface area contributed by atoms with Crippen LogP contribution in [-0.2, 0) is 11.2 Å². The molecule has 0 aliphatic rings. The number of carbonyl (C=O) groups is 1. The van der Waals surface area contributed by atoms with Gasteiger partial charge < -0.3 is 4.79 Å². The SMILES string of the molecule is Cc1c(CC=O)cnn1-c1ccccc1Br. The number of aldehydes is 1. The summed E-state index contributed by atoms with van der Waals surface area (Å²) in [5.41, 5.74) is 2.95. The van der Waals surface area contributed by atoms with Gasteiger partial charge in [0.2, 0.25) is 0 Å². The molecule has 0 saturated carbocycles. The van der Waals surface area contributed by atoms with Crippen molar-refractivity contribution in [3.63, 3.8) is 0 Å². The maximum atomic E-state index is 10.5. The molecule has 0 radical (unpaired) electrons. The summed E-state index contributed by atoms with van der Waals surface area (Å²) >= 11 is 3.49. The zero-order valence-corrected chi connectivity index (χ0v) is 10.4. The first-order valence-corrected chi connectivity index (χ1v) is 5.75. The van der Waals surface area contributed by atoms with E-state index in [9.17, 15) is 4.79 Å². The molecule has 1 aromatic heterocycles. The number of benzene rings is 1. The summed E-state index contributed by atoms with van der Waals surface area (Å²) < 4.78 is 2.82. The van der Waals surface area contributed by atoms with Crippen LogP contribution in [0.25, 0.3) is 5.69 Å². The van der Waals surface area contributed by atoms with Gasteiger partial charge in [-0.05, 0) is 35.0 Å². The molecular formula is C12H11BrN2O. The number of hydrogen-bond donors (Lipinski definition) is 0. The molecular weight excluding hydrogens is 268 g/mol. The number of carbonyl (C=O) groups excluding carboxylic acids is 1. The van der Waals surface area contributed by atoms with Crippen LogP contribution in [0.2, 0.25) is 0 Å². The van der Waals surface area contributed by atoms with Crippen LogP contribution < -0.4 is 0 Å². The molecule has 4 heteroatoms. The second-order valence-corrected chi connectivity index (χ2v) is 4.34. The van der Waals surface area contributed by atoms with E-state index in [0.717, 1.165) is 27.7 Å². The Labute approximate surface area is 102 Å². The van der Waals surface area contributed by atoms with Crippen molar-refractivity contribution in [1.82, 2.24) is 9.78 Å². The molecule has 2 rings (SSSR count). The van der Waals surface area contributed by atoms with Crippen molar-refractivity contribution < 1.29 is 4.79 Å². The van der Waals surface area contributed by atoms with Crippen molar-refractivity contribution in [2.45, 2.75) is 13.3 Å². The van der Waals surface area contributed by atoms with Crippen molar-refractivity contribution in [2.24, 2.45) is 0 Å². The van der Waals surface area contributed by atoms with Crippen LogP contribution in [0.5, 0.6) is 0 Å². The summed E-state index contributed by atoms with van der Waals surface area (Å²) in [5, 5.41) is 4.29. The Hall–Kier alpha value is -1.42. The van der Waals surface area contributed by atoms with Crippen molar-refractivity contribution in [1.29, 1.82) is 0 Å². The van der Waals surface area contributed by atoms with E-state index in [4.69, 9.17) is 0 Å². The fourth-order valence-electron chi connectivity index (χ4n) is 1.60. The predicted molar refractivity (Wildman–Crippen MR) is 65.8 cm³/mol. The van der Waals surface area contributed by atoms with Crippen LogP contribution in [0.15, 0.2) is 34.9 Å². The third-order valence-corrected chi connectivity index (χ3v) is 3.17. The van der Waals surface area contributed by atoms with Crippen LogP contribution in [0.3, 0.4) is 0 Å². The Morgan fingerprint density at radius 2 is 2.19 bits per heavy atom. The monoisotopic (exact) mass is 278 g/mol. The smallest absolute Gasteiger partial charge is 0.124 e. The van der Waals surface area contributed by atoms with Gasteiger partial charge in [-0.15, -0.1) is 0 Å². The lowest BCUT2D eigenvalue weighted by molar-refractivity contribution is -0.107. The van der Waals surface area contributed by atoms with Crippen molar-refractivity contribution in [3.05, 3.63) is 46.2 Å². The molecule has 0 bridgehead atoms. The Morgan fingerprint density at radius 3 is 2.88 bits per heavy atom. The molecule has 0 aliphatic carbocycles. The average Bonchev–Trinajstić information content (AvgIpc) is 2.62. The van der Waals surface area contributed by atoms with Crippen LogP contribution in [0.4, 0.5) is 0 Å². The number of hydrogen-bond acceptors (Lipinski definition) is 2. The number of nitrogens with zero attached hydrogens (tertiary/aromatic N) is 2. The Morgan fingerprint density at radius 1 is 1.44 bits per heavy atom. The van der Waals surface area contributed by atoms with E-state index >= 15 is 0 Å². The van der Waals surface area contributed by atoms with Gasteiger partial charge in [-0.1, -0.05) is 12.1 Å². The summed E-state index contributed by atoms with van der Waals surface area (Å²) in [5.74, 6) is 0. The highest BCUT2D eigenvalue weighted by atomic mass is 79.9. The lowest BCUT2D eigenvalue weighted by atomic mass is 10.2. The second-order valence-electron chi connectivity index (χ2n) is 3.49. The van der Waals surface area contributed by atoms with Crippen LogP contribution in [0, 0.1) is 6.92 Å². The molecule has 2 aromatic rings. The Kier molecular flexibility index (Phi) is 3.19. The molecule has 0 amide bonds. The predicted octanol–water partition coefficient (Wildman–Crippen LogP) is 2.68. The Bertz CT molecular complexity index is 519. The minimum Gasteiger partial charge on any atom is -0.303 e. The molecule has 16 heavy (non-hydrogen) atoms. The van der Waals surface area contributed by atoms with E-state index in [-0.39, 0.29) is 0 Å². The van der Waals surface area contributed by atoms with Gasteiger partial charge in [0.25, 0.3) is 0 Å². The molecule has 1 heterocycles. The third-order valence-electron chi connectivity index (χ3n) is 2.50. The largest absolute Gasteiger partial charge is 0.303 e. The number of rotatable bonds is 3. The van der Waals surface area contributed by atoms with E-state index in [2.05, 4.69) is 21.0 Å². The minimum absolute atomic E-state index is 0.413. The minimum atomic E-state index is 0.413. The fraction of sp³-hybridized carbons (Fsp3) is 0.167. The van der Waals surface area contributed by atoms with Crippen LogP contribution in [-0.4, -0.2) is 16.1 Å². The zero-order valence-electron chi connectivity index (χ0n) is 8.85. The van der Waals surface area contributed by atoms with Crippen LogP contribution >= 0.6 is 15.9 Å². The molecule has 0 fully saturated rings. The standard InChI is InChI=1S/C12H11BrN2O/c1-9-10(6-7-16)8-14-15(9)12-5-3-2-4-11(12)13/h2-5,7-8H,6H2,1H3. The van der Waals surface area contributed by atoms with E-state index in [1.54, 1.807) is 6.20 Å². The first-order valence-electron chi connectivity index (χ1n) is 4.96. The summed E-state index contributed by atoms with van der Waals surface area (Å²) in [6.45, 7) is 1.96. The third kappa shape index (κ3) is 1.93. The molecule has 0 saturated heterocycles. The lowest BCUT2D eigenvalue weighted by Gasteiger charge is -2.06. The molecule has 0 atom stereocenters. The second kappa shape index (κ2) is 4.61. The summed E-state index contributed by atoms with van der Waals surface area (Å²) in [4.78, 5) is 10.5. The summed E-state index contributed by atoms with van der Waals surface area (Å²) in [6, 6.07) is 7.87. The van der Waals surface area contributed by atoms with Crippen molar-refractivity contribution in [3.8, 4) is 5.69 Å². The number of para-hydroxylation sites is 1. The summed E-state index contributed by atoms with van der Waals surface area (Å²) in [7, 11) is 0. The van der Waals surface area contributed by atoms with E-state index in [1.807, 2.05) is 35.9 Å². The maximum absolute atomic E-state index is 10.5. The van der Waals surface area contributed by atoms with Gasteiger partial charge in [0.1, 0.15) is 6.29 Å². The highest BCUT2D eigenvalue weighted by Gasteiger charge is 2.09. The van der Waals surface area contributed by atoms with E-state index in [1.165, 1.54) is 0 Å². The first-order chi connectivity index (χ1) is 7.74. The lowest BCUT2D eigenvalue weighted by Crippen LogP contribution is -2.00.